The lowest BCUT2D eigenvalue weighted by molar-refractivity contribution is 0.0950. The van der Waals surface area contributed by atoms with E-state index in [9.17, 15) is 4.79 Å². The number of ether oxygens (including phenoxy) is 1. The van der Waals surface area contributed by atoms with Crippen molar-refractivity contribution in [1.29, 1.82) is 0 Å². The minimum absolute atomic E-state index is 0.0928. The molecule has 1 amide bonds. The molecule has 10 heteroatoms. The van der Waals surface area contributed by atoms with Crippen LogP contribution in [0.15, 0.2) is 42.9 Å². The molecule has 30 heavy (non-hydrogen) atoms. The molecule has 3 aromatic rings. The van der Waals surface area contributed by atoms with Gasteiger partial charge in [0.2, 0.25) is 0 Å². The molecule has 0 aliphatic carbocycles. The number of carbonyl (C=O) groups excluding carboxylic acids is 1. The normalized spacial score (nSPS) is 10.5. The molecule has 2 heterocycles. The predicted molar refractivity (Wildman–Crippen MR) is 111 cm³/mol. The molecule has 3 N–H and O–H groups in total. The Balaban J connectivity index is 1.76. The maximum absolute atomic E-state index is 12.7. The van der Waals surface area contributed by atoms with Gasteiger partial charge in [0.05, 0.1) is 25.3 Å². The number of aliphatic hydroxyl groups is 1. The number of hydrogen-bond donors (Lipinski definition) is 3. The summed E-state index contributed by atoms with van der Waals surface area (Å²) < 4.78 is 5.16. The molecule has 0 radical (unpaired) electrons. The van der Waals surface area contributed by atoms with Gasteiger partial charge in [0.1, 0.15) is 28.8 Å². The van der Waals surface area contributed by atoms with Crippen molar-refractivity contribution in [3.05, 3.63) is 70.7 Å². The van der Waals surface area contributed by atoms with Gasteiger partial charge in [-0.3, -0.25) is 4.79 Å². The van der Waals surface area contributed by atoms with Crippen molar-refractivity contribution < 1.29 is 14.6 Å². The highest BCUT2D eigenvalue weighted by atomic mass is 35.5. The molecule has 0 saturated heterocycles. The maximum atomic E-state index is 12.7. The summed E-state index contributed by atoms with van der Waals surface area (Å²) in [5.41, 5.74) is 1.15. The molecule has 0 unspecified atom stereocenters. The summed E-state index contributed by atoms with van der Waals surface area (Å²) in [7, 11) is 1.55. The van der Waals surface area contributed by atoms with Crippen LogP contribution in [-0.2, 0) is 19.5 Å². The molecule has 0 aliphatic rings. The second-order valence-electron chi connectivity index (χ2n) is 6.19. The Morgan fingerprint density at radius 2 is 1.97 bits per heavy atom. The van der Waals surface area contributed by atoms with Gasteiger partial charge in [-0.25, -0.2) is 19.9 Å². The van der Waals surface area contributed by atoms with Crippen LogP contribution in [-0.4, -0.2) is 44.7 Å². The van der Waals surface area contributed by atoms with Crippen molar-refractivity contribution in [1.82, 2.24) is 25.3 Å². The lowest BCUT2D eigenvalue weighted by Gasteiger charge is -2.13. The van der Waals surface area contributed by atoms with Crippen molar-refractivity contribution in [2.24, 2.45) is 0 Å². The molecule has 0 aliphatic heterocycles. The number of methoxy groups -OCH3 is 1. The van der Waals surface area contributed by atoms with Crippen LogP contribution in [0.2, 0.25) is 5.02 Å². The molecule has 156 valence electrons. The Labute approximate surface area is 178 Å². The fourth-order valence-corrected chi connectivity index (χ4v) is 2.90. The van der Waals surface area contributed by atoms with Gasteiger partial charge in [-0.1, -0.05) is 17.7 Å². The van der Waals surface area contributed by atoms with Crippen LogP contribution in [0.5, 0.6) is 5.75 Å². The van der Waals surface area contributed by atoms with E-state index in [4.69, 9.17) is 21.4 Å². The van der Waals surface area contributed by atoms with E-state index < -0.39 is 0 Å². The smallest absolute Gasteiger partial charge is 0.256 e. The SMILES string of the molecule is COc1ccc(CNc2nc(CCO)ncc2C(=O)NCc2ncccn2)cc1Cl. The Bertz CT molecular complexity index is 1000. The van der Waals surface area contributed by atoms with E-state index in [1.54, 1.807) is 37.7 Å². The second kappa shape index (κ2) is 10.5. The number of aromatic nitrogens is 4. The zero-order valence-corrected chi connectivity index (χ0v) is 17.1. The molecule has 0 atom stereocenters. The first-order valence-electron chi connectivity index (χ1n) is 9.18. The lowest BCUT2D eigenvalue weighted by atomic mass is 10.2. The van der Waals surface area contributed by atoms with Gasteiger partial charge in [0.15, 0.2) is 0 Å². The maximum Gasteiger partial charge on any atom is 0.256 e. The van der Waals surface area contributed by atoms with Crippen molar-refractivity contribution in [3.63, 3.8) is 0 Å². The average Bonchev–Trinajstić information content (AvgIpc) is 2.77. The van der Waals surface area contributed by atoms with E-state index in [2.05, 4.69) is 30.6 Å². The van der Waals surface area contributed by atoms with E-state index in [-0.39, 0.29) is 31.0 Å². The fraction of sp³-hybridized carbons (Fsp3) is 0.250. The molecule has 0 fully saturated rings. The van der Waals surface area contributed by atoms with Crippen LogP contribution in [0.4, 0.5) is 5.82 Å². The van der Waals surface area contributed by atoms with Crippen LogP contribution in [0, 0.1) is 0 Å². The topological polar surface area (TPSA) is 122 Å². The van der Waals surface area contributed by atoms with E-state index in [0.717, 1.165) is 5.56 Å². The number of aliphatic hydroxyl groups excluding tert-OH is 1. The third-order valence-electron chi connectivity index (χ3n) is 4.12. The van der Waals surface area contributed by atoms with Crippen LogP contribution >= 0.6 is 11.6 Å². The molecular formula is C20H21ClN6O3. The largest absolute Gasteiger partial charge is 0.495 e. The number of halogens is 1. The first-order valence-corrected chi connectivity index (χ1v) is 9.55. The molecule has 0 bridgehead atoms. The van der Waals surface area contributed by atoms with Gasteiger partial charge in [-0.15, -0.1) is 0 Å². The Morgan fingerprint density at radius 1 is 1.17 bits per heavy atom. The van der Waals surface area contributed by atoms with Crippen molar-refractivity contribution in [2.75, 3.05) is 19.0 Å². The Hall–Kier alpha value is -3.30. The van der Waals surface area contributed by atoms with Crippen molar-refractivity contribution in [3.8, 4) is 5.75 Å². The highest BCUT2D eigenvalue weighted by Gasteiger charge is 2.15. The zero-order chi connectivity index (χ0) is 21.3. The van der Waals surface area contributed by atoms with Gasteiger partial charge in [-0.05, 0) is 23.8 Å². The number of nitrogens with zero attached hydrogens (tertiary/aromatic N) is 4. The van der Waals surface area contributed by atoms with Crippen LogP contribution in [0.3, 0.4) is 0 Å². The summed E-state index contributed by atoms with van der Waals surface area (Å²) in [5, 5.41) is 15.6. The Kier molecular flexibility index (Phi) is 7.47. The fourth-order valence-electron chi connectivity index (χ4n) is 2.62. The molecular weight excluding hydrogens is 408 g/mol. The van der Waals surface area contributed by atoms with Crippen molar-refractivity contribution >= 4 is 23.3 Å². The quantitative estimate of drug-likeness (QED) is 0.473. The number of nitrogens with one attached hydrogen (secondary N) is 2. The number of amides is 1. The molecule has 2 aromatic heterocycles. The summed E-state index contributed by atoms with van der Waals surface area (Å²) in [6.45, 7) is 0.456. The lowest BCUT2D eigenvalue weighted by Crippen LogP contribution is -2.26. The number of rotatable bonds is 9. The van der Waals surface area contributed by atoms with E-state index in [1.165, 1.54) is 6.20 Å². The van der Waals surface area contributed by atoms with Crippen LogP contribution < -0.4 is 15.4 Å². The summed E-state index contributed by atoms with van der Waals surface area (Å²) >= 11 is 6.18. The van der Waals surface area contributed by atoms with Gasteiger partial charge in [-0.2, -0.15) is 0 Å². The predicted octanol–water partition coefficient (Wildman–Crippen LogP) is 2.01. The minimum atomic E-state index is -0.367. The van der Waals surface area contributed by atoms with Crippen molar-refractivity contribution in [2.45, 2.75) is 19.5 Å². The molecule has 3 rings (SSSR count). The number of hydrogen-bond acceptors (Lipinski definition) is 8. The standard InChI is InChI=1S/C20H21ClN6O3/c1-30-16-4-3-13(9-15(16)21)10-25-19-14(11-24-17(27-19)5-8-28)20(29)26-12-18-22-6-2-7-23-18/h2-4,6-7,9,11,28H,5,8,10,12H2,1H3,(H,26,29)(H,24,25,27). The summed E-state index contributed by atoms with van der Waals surface area (Å²) in [6.07, 6.45) is 4.92. The highest BCUT2D eigenvalue weighted by molar-refractivity contribution is 6.32. The van der Waals surface area contributed by atoms with Gasteiger partial charge >= 0.3 is 0 Å². The van der Waals surface area contributed by atoms with Gasteiger partial charge in [0.25, 0.3) is 5.91 Å². The minimum Gasteiger partial charge on any atom is -0.495 e. The number of carbonyl (C=O) groups is 1. The molecule has 1 aromatic carbocycles. The first-order chi connectivity index (χ1) is 14.6. The first kappa shape index (κ1) is 21.4. The molecule has 0 saturated carbocycles. The van der Waals surface area contributed by atoms with E-state index in [0.29, 0.717) is 34.8 Å². The summed E-state index contributed by atoms with van der Waals surface area (Å²) in [4.78, 5) is 29.4. The molecule has 0 spiro atoms. The summed E-state index contributed by atoms with van der Waals surface area (Å²) in [6, 6.07) is 7.10. The zero-order valence-electron chi connectivity index (χ0n) is 16.3. The molecule has 9 nitrogen and oxygen atoms in total. The van der Waals surface area contributed by atoms with E-state index in [1.807, 2.05) is 6.07 Å². The van der Waals surface area contributed by atoms with Crippen LogP contribution in [0.25, 0.3) is 0 Å². The second-order valence-corrected chi connectivity index (χ2v) is 6.60. The number of benzene rings is 1. The van der Waals surface area contributed by atoms with Crippen LogP contribution in [0.1, 0.15) is 27.6 Å². The third kappa shape index (κ3) is 5.62. The Morgan fingerprint density at radius 3 is 2.67 bits per heavy atom. The highest BCUT2D eigenvalue weighted by Crippen LogP contribution is 2.25. The average molecular weight is 429 g/mol. The third-order valence-corrected chi connectivity index (χ3v) is 4.42. The number of anilines is 1. The summed E-state index contributed by atoms with van der Waals surface area (Å²) in [5.74, 6) is 1.48. The van der Waals surface area contributed by atoms with E-state index >= 15 is 0 Å². The monoisotopic (exact) mass is 428 g/mol. The van der Waals surface area contributed by atoms with Gasteiger partial charge < -0.3 is 20.5 Å². The van der Waals surface area contributed by atoms with Gasteiger partial charge in [0, 0.05) is 31.6 Å².